The van der Waals surface area contributed by atoms with Crippen LogP contribution in [-0.4, -0.2) is 31.6 Å². The molecule has 1 aromatic rings. The lowest BCUT2D eigenvalue weighted by Gasteiger charge is -2.21. The minimum Gasteiger partial charge on any atom is -0.486 e. The van der Waals surface area contributed by atoms with Crippen molar-refractivity contribution in [2.45, 2.75) is 46.6 Å². The molecule has 0 spiro atoms. The number of ether oxygens (including phenoxy) is 2. The van der Waals surface area contributed by atoms with E-state index in [9.17, 15) is 9.59 Å². The van der Waals surface area contributed by atoms with Gasteiger partial charge in [-0.15, -0.1) is 0 Å². The summed E-state index contributed by atoms with van der Waals surface area (Å²) in [6.07, 6.45) is 0.987. The third kappa shape index (κ3) is 5.66. The molecule has 0 radical (unpaired) electrons. The van der Waals surface area contributed by atoms with Crippen LogP contribution in [0.4, 0.5) is 0 Å². The summed E-state index contributed by atoms with van der Waals surface area (Å²) in [5.74, 6) is 1.42. The zero-order chi connectivity index (χ0) is 18.4. The van der Waals surface area contributed by atoms with Crippen molar-refractivity contribution in [3.63, 3.8) is 0 Å². The summed E-state index contributed by atoms with van der Waals surface area (Å²) in [4.78, 5) is 23.8. The predicted octanol–water partition coefficient (Wildman–Crippen LogP) is 2.58. The van der Waals surface area contributed by atoms with E-state index >= 15 is 0 Å². The predicted molar refractivity (Wildman–Crippen MR) is 95.7 cm³/mol. The fourth-order valence-corrected chi connectivity index (χ4v) is 2.44. The lowest BCUT2D eigenvalue weighted by molar-refractivity contribution is -0.128. The normalized spacial score (nSPS) is 14.6. The van der Waals surface area contributed by atoms with Crippen LogP contribution < -0.4 is 20.1 Å². The average Bonchev–Trinajstić information content (AvgIpc) is 2.57. The molecule has 0 bridgehead atoms. The molecule has 138 valence electrons. The Morgan fingerprint density at radius 1 is 1.16 bits per heavy atom. The van der Waals surface area contributed by atoms with E-state index < -0.39 is 5.41 Å². The largest absolute Gasteiger partial charge is 0.486 e. The first-order valence-electron chi connectivity index (χ1n) is 8.74. The van der Waals surface area contributed by atoms with Crippen LogP contribution in [0.1, 0.15) is 52.1 Å². The number of nitrogens with one attached hydrogen (secondary N) is 2. The Hall–Kier alpha value is -2.24. The Kier molecular flexibility index (Phi) is 6.28. The lowest BCUT2D eigenvalue weighted by atomic mass is 9.96. The van der Waals surface area contributed by atoms with Gasteiger partial charge in [-0.05, 0) is 31.0 Å². The molecular formula is C19H28N2O4. The molecule has 1 aliphatic rings. The second-order valence-corrected chi connectivity index (χ2v) is 7.30. The van der Waals surface area contributed by atoms with E-state index in [4.69, 9.17) is 9.47 Å². The molecule has 2 rings (SSSR count). The van der Waals surface area contributed by atoms with Gasteiger partial charge in [-0.2, -0.15) is 0 Å². The third-order valence-electron chi connectivity index (χ3n) is 3.99. The summed E-state index contributed by atoms with van der Waals surface area (Å²) in [6, 6.07) is 5.59. The van der Waals surface area contributed by atoms with Gasteiger partial charge in [0.15, 0.2) is 11.5 Å². The SMILES string of the molecule is CC(NC(=O)CCCNC(=O)C(C)(C)C)c1ccc2c(c1)OCCO2. The molecule has 6 nitrogen and oxygen atoms in total. The Labute approximate surface area is 149 Å². The maximum atomic E-state index is 12.1. The lowest BCUT2D eigenvalue weighted by Crippen LogP contribution is -2.36. The molecule has 0 saturated carbocycles. The van der Waals surface area contributed by atoms with Crippen LogP contribution in [0, 0.1) is 5.41 Å². The van der Waals surface area contributed by atoms with Crippen molar-refractivity contribution in [2.24, 2.45) is 5.41 Å². The molecule has 0 fully saturated rings. The molecule has 25 heavy (non-hydrogen) atoms. The summed E-state index contributed by atoms with van der Waals surface area (Å²) < 4.78 is 11.1. The highest BCUT2D eigenvalue weighted by molar-refractivity contribution is 5.81. The van der Waals surface area contributed by atoms with Crippen LogP contribution in [0.5, 0.6) is 11.5 Å². The van der Waals surface area contributed by atoms with E-state index in [-0.39, 0.29) is 17.9 Å². The van der Waals surface area contributed by atoms with Gasteiger partial charge in [0.2, 0.25) is 11.8 Å². The molecule has 0 saturated heterocycles. The topological polar surface area (TPSA) is 76.7 Å². The fourth-order valence-electron chi connectivity index (χ4n) is 2.44. The van der Waals surface area contributed by atoms with Gasteiger partial charge in [0.25, 0.3) is 0 Å². The number of carbonyl (C=O) groups excluding carboxylic acids is 2. The molecule has 1 aliphatic heterocycles. The number of amides is 2. The van der Waals surface area contributed by atoms with Crippen LogP contribution in [0.3, 0.4) is 0 Å². The standard InChI is InChI=1S/C19H28N2O4/c1-13(14-7-8-15-16(12-14)25-11-10-24-15)21-17(22)6-5-9-20-18(23)19(2,3)4/h7-8,12-13H,5-6,9-11H2,1-4H3,(H,20,23)(H,21,22). The quantitative estimate of drug-likeness (QED) is 0.775. The van der Waals surface area contributed by atoms with Crippen LogP contribution in [-0.2, 0) is 9.59 Å². The number of rotatable bonds is 6. The summed E-state index contributed by atoms with van der Waals surface area (Å²) in [5, 5.41) is 5.82. The van der Waals surface area contributed by atoms with Gasteiger partial charge in [-0.3, -0.25) is 9.59 Å². The Balaban J connectivity index is 1.76. The Bertz CT molecular complexity index is 622. The second-order valence-electron chi connectivity index (χ2n) is 7.30. The van der Waals surface area contributed by atoms with Gasteiger partial charge in [-0.25, -0.2) is 0 Å². The molecule has 2 amide bonds. The number of carbonyl (C=O) groups is 2. The highest BCUT2D eigenvalue weighted by Gasteiger charge is 2.20. The number of benzene rings is 1. The van der Waals surface area contributed by atoms with E-state index in [0.717, 1.165) is 17.1 Å². The van der Waals surface area contributed by atoms with E-state index in [2.05, 4.69) is 10.6 Å². The van der Waals surface area contributed by atoms with Crippen molar-refractivity contribution < 1.29 is 19.1 Å². The van der Waals surface area contributed by atoms with E-state index in [1.807, 2.05) is 45.9 Å². The molecule has 6 heteroatoms. The minimum atomic E-state index is -0.408. The molecule has 1 atom stereocenters. The summed E-state index contributed by atoms with van der Waals surface area (Å²) in [5.41, 5.74) is 0.563. The smallest absolute Gasteiger partial charge is 0.225 e. The van der Waals surface area contributed by atoms with Crippen molar-refractivity contribution in [3.05, 3.63) is 23.8 Å². The molecule has 0 aliphatic carbocycles. The van der Waals surface area contributed by atoms with E-state index in [0.29, 0.717) is 32.6 Å². The molecule has 2 N–H and O–H groups in total. The second kappa shape index (κ2) is 8.23. The molecular weight excluding hydrogens is 320 g/mol. The number of hydrogen-bond donors (Lipinski definition) is 2. The highest BCUT2D eigenvalue weighted by atomic mass is 16.6. The summed E-state index contributed by atoms with van der Waals surface area (Å²) >= 11 is 0. The van der Waals surface area contributed by atoms with Crippen molar-refractivity contribution in [1.82, 2.24) is 10.6 Å². The Morgan fingerprint density at radius 2 is 1.84 bits per heavy atom. The van der Waals surface area contributed by atoms with Gasteiger partial charge in [-0.1, -0.05) is 26.8 Å². The van der Waals surface area contributed by atoms with Crippen LogP contribution in [0.15, 0.2) is 18.2 Å². The Morgan fingerprint density at radius 3 is 2.52 bits per heavy atom. The first-order valence-corrected chi connectivity index (χ1v) is 8.74. The first-order chi connectivity index (χ1) is 11.8. The fraction of sp³-hybridized carbons (Fsp3) is 0.579. The monoisotopic (exact) mass is 348 g/mol. The molecule has 1 heterocycles. The van der Waals surface area contributed by atoms with Crippen LogP contribution in [0.2, 0.25) is 0 Å². The van der Waals surface area contributed by atoms with Crippen LogP contribution in [0.25, 0.3) is 0 Å². The van der Waals surface area contributed by atoms with Crippen molar-refractivity contribution in [3.8, 4) is 11.5 Å². The summed E-state index contributed by atoms with van der Waals surface area (Å²) in [6.45, 7) is 9.13. The number of fused-ring (bicyclic) bond motifs is 1. The van der Waals surface area contributed by atoms with E-state index in [1.54, 1.807) is 0 Å². The van der Waals surface area contributed by atoms with Crippen molar-refractivity contribution >= 4 is 11.8 Å². The minimum absolute atomic E-state index is 0.00226. The zero-order valence-corrected chi connectivity index (χ0v) is 15.5. The van der Waals surface area contributed by atoms with Gasteiger partial charge in [0, 0.05) is 18.4 Å². The van der Waals surface area contributed by atoms with Gasteiger partial charge >= 0.3 is 0 Å². The molecule has 1 aromatic carbocycles. The average molecular weight is 348 g/mol. The van der Waals surface area contributed by atoms with Crippen LogP contribution >= 0.6 is 0 Å². The first kappa shape index (κ1) is 19.1. The van der Waals surface area contributed by atoms with Crippen molar-refractivity contribution in [1.29, 1.82) is 0 Å². The summed E-state index contributed by atoms with van der Waals surface area (Å²) in [7, 11) is 0. The maximum Gasteiger partial charge on any atom is 0.225 e. The highest BCUT2D eigenvalue weighted by Crippen LogP contribution is 2.32. The van der Waals surface area contributed by atoms with Gasteiger partial charge in [0.05, 0.1) is 6.04 Å². The van der Waals surface area contributed by atoms with Crippen molar-refractivity contribution in [2.75, 3.05) is 19.8 Å². The maximum absolute atomic E-state index is 12.1. The molecule has 1 unspecified atom stereocenters. The molecule has 0 aromatic heterocycles. The van der Waals surface area contributed by atoms with Gasteiger partial charge < -0.3 is 20.1 Å². The van der Waals surface area contributed by atoms with Gasteiger partial charge in [0.1, 0.15) is 13.2 Å². The zero-order valence-electron chi connectivity index (χ0n) is 15.5. The third-order valence-corrected chi connectivity index (χ3v) is 3.99. The van der Waals surface area contributed by atoms with E-state index in [1.165, 1.54) is 0 Å². The number of hydrogen-bond acceptors (Lipinski definition) is 4.